The lowest BCUT2D eigenvalue weighted by Crippen LogP contribution is -2.44. The smallest absolute Gasteiger partial charge is 0.410 e. The van der Waals surface area contributed by atoms with Gasteiger partial charge in [0, 0.05) is 18.5 Å². The van der Waals surface area contributed by atoms with Gasteiger partial charge in [0.05, 0.1) is 6.04 Å². The zero-order valence-corrected chi connectivity index (χ0v) is 12.7. The number of para-hydroxylation sites is 1. The Balaban J connectivity index is 2.26. The summed E-state index contributed by atoms with van der Waals surface area (Å²) in [7, 11) is 0. The van der Waals surface area contributed by atoms with Gasteiger partial charge in [-0.2, -0.15) is 0 Å². The number of carbonyl (C=O) groups is 1. The Morgan fingerprint density at radius 3 is 2.67 bits per heavy atom. The molecule has 0 bridgehead atoms. The van der Waals surface area contributed by atoms with E-state index in [9.17, 15) is 14.3 Å². The molecule has 2 atom stereocenters. The van der Waals surface area contributed by atoms with Gasteiger partial charge in [-0.05, 0) is 33.3 Å². The number of halogens is 1. The average molecular weight is 295 g/mol. The Hall–Kier alpha value is -1.78. The number of aromatic hydroxyl groups is 1. The largest absolute Gasteiger partial charge is 0.508 e. The Labute approximate surface area is 124 Å². The molecule has 1 aliphatic heterocycles. The molecular weight excluding hydrogens is 273 g/mol. The summed E-state index contributed by atoms with van der Waals surface area (Å²) in [5.41, 5.74) is -0.0434. The monoisotopic (exact) mass is 295 g/mol. The minimum Gasteiger partial charge on any atom is -0.508 e. The maximum absolute atomic E-state index is 13.8. The number of carbonyl (C=O) groups excluding carboxylic acids is 1. The summed E-state index contributed by atoms with van der Waals surface area (Å²) in [6.45, 7) is 5.67. The minimum absolute atomic E-state index is 0.0742. The molecule has 21 heavy (non-hydrogen) atoms. The van der Waals surface area contributed by atoms with Gasteiger partial charge in [0.2, 0.25) is 0 Å². The second-order valence-corrected chi connectivity index (χ2v) is 6.37. The lowest BCUT2D eigenvalue weighted by molar-refractivity contribution is 0.00140. The molecule has 2 unspecified atom stereocenters. The maximum Gasteiger partial charge on any atom is 0.410 e. The van der Waals surface area contributed by atoms with Gasteiger partial charge in [-0.25, -0.2) is 9.18 Å². The fourth-order valence-corrected chi connectivity index (χ4v) is 2.53. The van der Waals surface area contributed by atoms with Crippen molar-refractivity contribution in [1.29, 1.82) is 0 Å². The number of nitrogens with zero attached hydrogens (tertiary/aromatic N) is 1. The van der Waals surface area contributed by atoms with Crippen LogP contribution in [0.5, 0.6) is 5.75 Å². The molecule has 1 N–H and O–H groups in total. The number of phenols is 1. The number of piperidine rings is 1. The first-order valence-electron chi connectivity index (χ1n) is 7.19. The van der Waals surface area contributed by atoms with E-state index < -0.39 is 23.9 Å². The second-order valence-electron chi connectivity index (χ2n) is 6.37. The molecule has 1 aliphatic rings. The molecule has 0 spiro atoms. The van der Waals surface area contributed by atoms with E-state index in [4.69, 9.17) is 4.74 Å². The third-order valence-corrected chi connectivity index (χ3v) is 3.46. The zero-order chi connectivity index (χ0) is 15.6. The average Bonchev–Trinajstić information content (AvgIpc) is 2.37. The highest BCUT2D eigenvalue weighted by Crippen LogP contribution is 2.37. The number of benzene rings is 1. The molecule has 1 amide bonds. The van der Waals surface area contributed by atoms with Crippen molar-refractivity contribution in [2.75, 3.05) is 6.54 Å². The van der Waals surface area contributed by atoms with E-state index in [1.54, 1.807) is 45.0 Å². The van der Waals surface area contributed by atoms with Crippen LogP contribution in [0.25, 0.3) is 0 Å². The molecule has 0 aromatic heterocycles. The summed E-state index contributed by atoms with van der Waals surface area (Å²) < 4.78 is 19.2. The standard InChI is InChI=1S/C16H22FNO3/c1-16(2,3)21-15(20)18-9-8-11(17)10-13(18)12-6-4-5-7-14(12)19/h4-7,11,13,19H,8-10H2,1-3H3. The predicted molar refractivity (Wildman–Crippen MR) is 77.9 cm³/mol. The Kier molecular flexibility index (Phi) is 4.40. The molecule has 1 saturated heterocycles. The third-order valence-electron chi connectivity index (χ3n) is 3.46. The summed E-state index contributed by atoms with van der Waals surface area (Å²) >= 11 is 0. The van der Waals surface area contributed by atoms with Crippen LogP contribution in [0.15, 0.2) is 24.3 Å². The molecule has 116 valence electrons. The number of amides is 1. The predicted octanol–water partition coefficient (Wildman–Crippen LogP) is 3.80. The lowest BCUT2D eigenvalue weighted by atomic mass is 9.94. The number of rotatable bonds is 1. The topological polar surface area (TPSA) is 49.8 Å². The molecule has 2 rings (SSSR count). The highest BCUT2D eigenvalue weighted by molar-refractivity contribution is 5.69. The van der Waals surface area contributed by atoms with Gasteiger partial charge in [-0.15, -0.1) is 0 Å². The molecule has 0 radical (unpaired) electrons. The SMILES string of the molecule is CC(C)(C)OC(=O)N1CCC(F)CC1c1ccccc1O. The van der Waals surface area contributed by atoms with Crippen molar-refractivity contribution in [3.8, 4) is 5.75 Å². The first-order valence-corrected chi connectivity index (χ1v) is 7.19. The molecular formula is C16H22FNO3. The first kappa shape index (κ1) is 15.6. The molecule has 4 nitrogen and oxygen atoms in total. The molecule has 5 heteroatoms. The minimum atomic E-state index is -0.978. The van der Waals surface area contributed by atoms with Gasteiger partial charge in [-0.1, -0.05) is 18.2 Å². The van der Waals surface area contributed by atoms with E-state index in [0.717, 1.165) is 0 Å². The molecule has 1 fully saturated rings. The van der Waals surface area contributed by atoms with E-state index in [-0.39, 0.29) is 18.7 Å². The van der Waals surface area contributed by atoms with Crippen molar-refractivity contribution in [2.45, 2.75) is 51.4 Å². The Morgan fingerprint density at radius 2 is 2.05 bits per heavy atom. The zero-order valence-electron chi connectivity index (χ0n) is 12.7. The van der Waals surface area contributed by atoms with Crippen molar-refractivity contribution in [1.82, 2.24) is 4.90 Å². The van der Waals surface area contributed by atoms with Crippen LogP contribution in [0.1, 0.15) is 45.2 Å². The second kappa shape index (κ2) is 5.92. The summed E-state index contributed by atoms with van der Waals surface area (Å²) in [5, 5.41) is 9.98. The number of likely N-dealkylation sites (tertiary alicyclic amines) is 1. The van der Waals surface area contributed by atoms with E-state index in [1.165, 1.54) is 4.90 Å². The fraction of sp³-hybridized carbons (Fsp3) is 0.562. The van der Waals surface area contributed by atoms with E-state index in [1.807, 2.05) is 0 Å². The number of alkyl halides is 1. The highest BCUT2D eigenvalue weighted by Gasteiger charge is 2.36. The van der Waals surface area contributed by atoms with Crippen LogP contribution < -0.4 is 0 Å². The van der Waals surface area contributed by atoms with E-state index in [0.29, 0.717) is 12.0 Å². The molecule has 1 aromatic rings. The molecule has 1 aromatic carbocycles. The van der Waals surface area contributed by atoms with Gasteiger partial charge in [-0.3, -0.25) is 0 Å². The molecule has 0 aliphatic carbocycles. The molecule has 1 heterocycles. The number of phenolic OH excluding ortho intramolecular Hbond substituents is 1. The summed E-state index contributed by atoms with van der Waals surface area (Å²) in [4.78, 5) is 13.8. The van der Waals surface area contributed by atoms with Crippen LogP contribution in [0, 0.1) is 0 Å². The van der Waals surface area contributed by atoms with Crippen LogP contribution >= 0.6 is 0 Å². The summed E-state index contributed by atoms with van der Waals surface area (Å²) in [6.07, 6.45) is -0.976. The van der Waals surface area contributed by atoms with Crippen LogP contribution in [-0.2, 0) is 4.74 Å². The highest BCUT2D eigenvalue weighted by atomic mass is 19.1. The van der Waals surface area contributed by atoms with Crippen molar-refractivity contribution in [2.24, 2.45) is 0 Å². The van der Waals surface area contributed by atoms with Crippen molar-refractivity contribution >= 4 is 6.09 Å². The van der Waals surface area contributed by atoms with Crippen LogP contribution in [0.2, 0.25) is 0 Å². The van der Waals surface area contributed by atoms with Gasteiger partial charge in [0.25, 0.3) is 0 Å². The van der Waals surface area contributed by atoms with E-state index >= 15 is 0 Å². The number of ether oxygens (including phenoxy) is 1. The summed E-state index contributed by atoms with van der Waals surface area (Å²) in [5.74, 6) is 0.0742. The van der Waals surface area contributed by atoms with Crippen molar-refractivity contribution < 1.29 is 19.0 Å². The van der Waals surface area contributed by atoms with Gasteiger partial charge in [0.15, 0.2) is 0 Å². The Morgan fingerprint density at radius 1 is 1.38 bits per heavy atom. The van der Waals surface area contributed by atoms with Crippen LogP contribution in [0.4, 0.5) is 9.18 Å². The van der Waals surface area contributed by atoms with Crippen LogP contribution in [0.3, 0.4) is 0 Å². The quantitative estimate of drug-likeness (QED) is 0.857. The third kappa shape index (κ3) is 3.86. The van der Waals surface area contributed by atoms with Gasteiger partial charge < -0.3 is 14.7 Å². The summed E-state index contributed by atoms with van der Waals surface area (Å²) in [6, 6.07) is 6.24. The van der Waals surface area contributed by atoms with Crippen molar-refractivity contribution in [3.63, 3.8) is 0 Å². The number of hydrogen-bond donors (Lipinski definition) is 1. The maximum atomic E-state index is 13.8. The van der Waals surface area contributed by atoms with E-state index in [2.05, 4.69) is 0 Å². The van der Waals surface area contributed by atoms with Crippen molar-refractivity contribution in [3.05, 3.63) is 29.8 Å². The number of hydrogen-bond acceptors (Lipinski definition) is 3. The lowest BCUT2D eigenvalue weighted by Gasteiger charge is -2.38. The normalized spacial score (nSPS) is 23.0. The first-order chi connectivity index (χ1) is 9.78. The Bertz CT molecular complexity index is 512. The fourth-order valence-electron chi connectivity index (χ4n) is 2.53. The van der Waals surface area contributed by atoms with Gasteiger partial charge >= 0.3 is 6.09 Å². The van der Waals surface area contributed by atoms with Crippen LogP contribution in [-0.4, -0.2) is 34.4 Å². The molecule has 0 saturated carbocycles. The van der Waals surface area contributed by atoms with Gasteiger partial charge in [0.1, 0.15) is 17.5 Å².